The van der Waals surface area contributed by atoms with Gasteiger partial charge in [-0.2, -0.15) is 0 Å². The molecule has 1 N–H and O–H groups in total. The molecule has 2 amide bonds. The van der Waals surface area contributed by atoms with Crippen molar-refractivity contribution in [3.8, 4) is 5.69 Å². The summed E-state index contributed by atoms with van der Waals surface area (Å²) >= 11 is 5.94. The highest BCUT2D eigenvalue weighted by Gasteiger charge is 2.26. The van der Waals surface area contributed by atoms with Crippen LogP contribution in [-0.2, 0) is 0 Å². The van der Waals surface area contributed by atoms with Crippen LogP contribution in [0.25, 0.3) is 5.69 Å². The van der Waals surface area contributed by atoms with E-state index in [1.807, 2.05) is 0 Å². The number of hydrogen-bond acceptors (Lipinski definition) is 4. The van der Waals surface area contributed by atoms with Gasteiger partial charge < -0.3 is 10.2 Å². The van der Waals surface area contributed by atoms with Gasteiger partial charge in [0.25, 0.3) is 11.8 Å². The number of benzene rings is 2. The number of carbonyl (C=O) groups excluding carboxylic acids is 2. The number of nitrogens with one attached hydrogen (secondary N) is 1. The Kier molecular flexibility index (Phi) is 5.76. The SMILES string of the molecule is O=C(NC1CCN(C(=O)c2cn(-c3ccc(F)cc3)nn2)CC1)c1cccc(Cl)c1. The Morgan fingerprint density at radius 2 is 1.83 bits per heavy atom. The minimum Gasteiger partial charge on any atom is -0.349 e. The summed E-state index contributed by atoms with van der Waals surface area (Å²) < 4.78 is 14.5. The first-order chi connectivity index (χ1) is 14.5. The molecule has 1 fully saturated rings. The van der Waals surface area contributed by atoms with Crippen molar-refractivity contribution >= 4 is 23.4 Å². The van der Waals surface area contributed by atoms with Gasteiger partial charge in [0.1, 0.15) is 5.82 Å². The van der Waals surface area contributed by atoms with Crippen LogP contribution in [0.15, 0.2) is 54.7 Å². The second-order valence-electron chi connectivity index (χ2n) is 7.08. The zero-order valence-electron chi connectivity index (χ0n) is 16.0. The largest absolute Gasteiger partial charge is 0.349 e. The Bertz CT molecular complexity index is 1060. The second kappa shape index (κ2) is 8.62. The number of nitrogens with zero attached hydrogens (tertiary/aromatic N) is 4. The van der Waals surface area contributed by atoms with Gasteiger partial charge >= 0.3 is 0 Å². The second-order valence-corrected chi connectivity index (χ2v) is 7.51. The molecule has 0 bridgehead atoms. The van der Waals surface area contributed by atoms with Crippen molar-refractivity contribution in [1.82, 2.24) is 25.2 Å². The van der Waals surface area contributed by atoms with E-state index in [9.17, 15) is 14.0 Å². The lowest BCUT2D eigenvalue weighted by atomic mass is 10.0. The van der Waals surface area contributed by atoms with Crippen molar-refractivity contribution in [2.45, 2.75) is 18.9 Å². The maximum atomic E-state index is 13.1. The zero-order valence-corrected chi connectivity index (χ0v) is 16.7. The van der Waals surface area contributed by atoms with Crippen LogP contribution >= 0.6 is 11.6 Å². The Morgan fingerprint density at radius 3 is 2.53 bits per heavy atom. The molecule has 30 heavy (non-hydrogen) atoms. The van der Waals surface area contributed by atoms with Crippen LogP contribution in [0, 0.1) is 5.82 Å². The fourth-order valence-corrected chi connectivity index (χ4v) is 3.56. The van der Waals surface area contributed by atoms with E-state index in [0.29, 0.717) is 42.2 Å². The first-order valence-corrected chi connectivity index (χ1v) is 9.91. The molecule has 0 saturated carbocycles. The van der Waals surface area contributed by atoms with Gasteiger partial charge in [-0.25, -0.2) is 9.07 Å². The van der Waals surface area contributed by atoms with Crippen LogP contribution in [0.2, 0.25) is 5.02 Å². The summed E-state index contributed by atoms with van der Waals surface area (Å²) in [6.45, 7) is 1.01. The third kappa shape index (κ3) is 4.49. The van der Waals surface area contributed by atoms with E-state index in [-0.39, 0.29) is 29.4 Å². The minimum absolute atomic E-state index is 0.0181. The molecule has 1 aliphatic heterocycles. The van der Waals surface area contributed by atoms with E-state index in [1.165, 1.54) is 23.0 Å². The third-order valence-corrected chi connectivity index (χ3v) is 5.24. The summed E-state index contributed by atoms with van der Waals surface area (Å²) in [5.41, 5.74) is 1.35. The Labute approximate surface area is 177 Å². The normalized spacial score (nSPS) is 14.5. The van der Waals surface area contributed by atoms with Crippen molar-refractivity contribution < 1.29 is 14.0 Å². The molecule has 7 nitrogen and oxygen atoms in total. The molecule has 1 saturated heterocycles. The third-order valence-electron chi connectivity index (χ3n) is 5.01. The molecule has 4 rings (SSSR count). The molecule has 0 atom stereocenters. The van der Waals surface area contributed by atoms with Gasteiger partial charge in [-0.05, 0) is 55.3 Å². The quantitative estimate of drug-likeness (QED) is 0.693. The van der Waals surface area contributed by atoms with Crippen molar-refractivity contribution in [3.63, 3.8) is 0 Å². The number of likely N-dealkylation sites (tertiary alicyclic amines) is 1. The molecule has 9 heteroatoms. The average molecular weight is 428 g/mol. The van der Waals surface area contributed by atoms with Crippen LogP contribution < -0.4 is 5.32 Å². The van der Waals surface area contributed by atoms with Crippen LogP contribution in [0.5, 0.6) is 0 Å². The molecular formula is C21H19ClFN5O2. The number of halogens is 2. The van der Waals surface area contributed by atoms with E-state index in [2.05, 4.69) is 15.6 Å². The first kappa shape index (κ1) is 20.0. The number of aromatic nitrogens is 3. The summed E-state index contributed by atoms with van der Waals surface area (Å²) in [6, 6.07) is 12.5. The number of amides is 2. The van der Waals surface area contributed by atoms with Crippen LogP contribution in [0.1, 0.15) is 33.7 Å². The molecule has 154 valence electrons. The van der Waals surface area contributed by atoms with Crippen molar-refractivity contribution in [2.75, 3.05) is 13.1 Å². The van der Waals surface area contributed by atoms with E-state index in [0.717, 1.165) is 0 Å². The van der Waals surface area contributed by atoms with Gasteiger partial charge in [-0.15, -0.1) is 5.10 Å². The summed E-state index contributed by atoms with van der Waals surface area (Å²) in [5, 5.41) is 11.4. The standard InChI is InChI=1S/C21H19ClFN5O2/c22-15-3-1-2-14(12-15)20(29)24-17-8-10-27(11-9-17)21(30)19-13-28(26-25-19)18-6-4-16(23)5-7-18/h1-7,12-13,17H,8-11H2,(H,24,29). The number of hydrogen-bond donors (Lipinski definition) is 1. The maximum Gasteiger partial charge on any atom is 0.276 e. The van der Waals surface area contributed by atoms with Crippen molar-refractivity contribution in [2.24, 2.45) is 0 Å². The van der Waals surface area contributed by atoms with Gasteiger partial charge in [-0.3, -0.25) is 9.59 Å². The summed E-state index contributed by atoms with van der Waals surface area (Å²) in [4.78, 5) is 26.8. The average Bonchev–Trinajstić information content (AvgIpc) is 3.24. The molecule has 1 aromatic heterocycles. The molecular weight excluding hydrogens is 409 g/mol. The molecule has 1 aliphatic rings. The predicted octanol–water partition coefficient (Wildman–Crippen LogP) is 3.09. The van der Waals surface area contributed by atoms with Gasteiger partial charge in [-0.1, -0.05) is 22.9 Å². The molecule has 0 radical (unpaired) electrons. The summed E-state index contributed by atoms with van der Waals surface area (Å²) in [6.07, 6.45) is 2.82. The fourth-order valence-electron chi connectivity index (χ4n) is 3.37. The smallest absolute Gasteiger partial charge is 0.276 e. The fraction of sp³-hybridized carbons (Fsp3) is 0.238. The predicted molar refractivity (Wildman–Crippen MR) is 109 cm³/mol. The van der Waals surface area contributed by atoms with E-state index in [4.69, 9.17) is 11.6 Å². The van der Waals surface area contributed by atoms with Crippen LogP contribution in [0.4, 0.5) is 4.39 Å². The van der Waals surface area contributed by atoms with E-state index in [1.54, 1.807) is 41.3 Å². The van der Waals surface area contributed by atoms with Gasteiger partial charge in [0.2, 0.25) is 0 Å². The van der Waals surface area contributed by atoms with Crippen LogP contribution in [0.3, 0.4) is 0 Å². The summed E-state index contributed by atoms with van der Waals surface area (Å²) in [7, 11) is 0. The highest BCUT2D eigenvalue weighted by atomic mass is 35.5. The lowest BCUT2D eigenvalue weighted by molar-refractivity contribution is 0.0692. The Balaban J connectivity index is 1.33. The van der Waals surface area contributed by atoms with Crippen molar-refractivity contribution in [3.05, 3.63) is 76.8 Å². The number of carbonyl (C=O) groups is 2. The maximum absolute atomic E-state index is 13.1. The number of rotatable bonds is 4. The minimum atomic E-state index is -0.347. The van der Waals surface area contributed by atoms with Crippen LogP contribution in [-0.4, -0.2) is 50.8 Å². The Hall–Kier alpha value is -3.26. The molecule has 2 heterocycles. The van der Waals surface area contributed by atoms with Crippen molar-refractivity contribution in [1.29, 1.82) is 0 Å². The lowest BCUT2D eigenvalue weighted by Gasteiger charge is -2.31. The molecule has 0 spiro atoms. The van der Waals surface area contributed by atoms with E-state index < -0.39 is 0 Å². The topological polar surface area (TPSA) is 80.1 Å². The highest BCUT2D eigenvalue weighted by molar-refractivity contribution is 6.30. The first-order valence-electron chi connectivity index (χ1n) is 9.53. The van der Waals surface area contributed by atoms with Gasteiger partial charge in [0.05, 0.1) is 11.9 Å². The summed E-state index contributed by atoms with van der Waals surface area (Å²) in [5.74, 6) is -0.743. The van der Waals surface area contributed by atoms with E-state index >= 15 is 0 Å². The van der Waals surface area contributed by atoms with Gasteiger partial charge in [0.15, 0.2) is 5.69 Å². The lowest BCUT2D eigenvalue weighted by Crippen LogP contribution is -2.46. The number of piperidine rings is 1. The van der Waals surface area contributed by atoms with Gasteiger partial charge in [0, 0.05) is 29.7 Å². The molecule has 3 aromatic rings. The molecule has 2 aromatic carbocycles. The highest BCUT2D eigenvalue weighted by Crippen LogP contribution is 2.16. The molecule has 0 aliphatic carbocycles. The molecule has 0 unspecified atom stereocenters. The zero-order chi connectivity index (χ0) is 21.1. The monoisotopic (exact) mass is 427 g/mol. The Morgan fingerprint density at radius 1 is 1.10 bits per heavy atom.